The number of hydrogen-bond acceptors (Lipinski definition) is 8. The normalized spacial score (nSPS) is 20.8. The third-order valence-electron chi connectivity index (χ3n) is 8.97. The van der Waals surface area contributed by atoms with Crippen LogP contribution in [-0.4, -0.2) is 76.9 Å². The maximum atomic E-state index is 13.6. The number of nitrogens with one attached hydrogen (secondary N) is 1. The highest BCUT2D eigenvalue weighted by molar-refractivity contribution is 6.09. The number of carbonyl (C=O) groups is 1. The van der Waals surface area contributed by atoms with E-state index < -0.39 is 23.9 Å². The Morgan fingerprint density at radius 2 is 1.88 bits per heavy atom. The molecule has 0 bridgehead atoms. The highest BCUT2D eigenvalue weighted by atomic mass is 19.3. The number of hydrogen-bond donors (Lipinski definition) is 2. The molecule has 226 valence electrons. The summed E-state index contributed by atoms with van der Waals surface area (Å²) >= 11 is 0. The van der Waals surface area contributed by atoms with E-state index in [0.717, 1.165) is 5.69 Å². The van der Waals surface area contributed by atoms with E-state index in [9.17, 15) is 27.5 Å². The van der Waals surface area contributed by atoms with Gasteiger partial charge in [0.2, 0.25) is 11.7 Å². The molecule has 0 unspecified atom stereocenters. The zero-order valence-electron chi connectivity index (χ0n) is 23.2. The van der Waals surface area contributed by atoms with Crippen molar-refractivity contribution < 1.29 is 27.5 Å². The quantitative estimate of drug-likeness (QED) is 0.315. The van der Waals surface area contributed by atoms with Gasteiger partial charge in [-0.05, 0) is 56.0 Å². The van der Waals surface area contributed by atoms with E-state index in [1.807, 2.05) is 17.0 Å². The van der Waals surface area contributed by atoms with Crippen LogP contribution in [0, 0.1) is 12.3 Å². The second-order valence-electron chi connectivity index (χ2n) is 12.2. The maximum absolute atomic E-state index is 13.6. The second-order valence-corrected chi connectivity index (χ2v) is 12.2. The van der Waals surface area contributed by atoms with E-state index in [0.29, 0.717) is 41.1 Å². The molecule has 0 aromatic carbocycles. The number of fused-ring (bicyclic) bond motifs is 1. The van der Waals surface area contributed by atoms with E-state index >= 15 is 0 Å². The number of amides is 1. The lowest BCUT2D eigenvalue weighted by Gasteiger charge is -2.62. The van der Waals surface area contributed by atoms with Gasteiger partial charge in [0.05, 0.1) is 34.7 Å². The van der Waals surface area contributed by atoms with Crippen molar-refractivity contribution in [1.29, 1.82) is 0 Å². The summed E-state index contributed by atoms with van der Waals surface area (Å²) in [4.78, 5) is 21.2. The predicted octanol–water partition coefficient (Wildman–Crippen LogP) is 4.29. The third kappa shape index (κ3) is 4.88. The summed E-state index contributed by atoms with van der Waals surface area (Å²) in [7, 11) is 0. The van der Waals surface area contributed by atoms with Gasteiger partial charge >= 0.3 is 0 Å². The standard InChI is InChI=1S/C28H29F4N9O2/c1-16-21(8-17(10-33-16)23-36-38-41(37-23)18-2-5-28(31,32)6-3-18)35-24(42)20-11-34-40-7-4-19(9-22(20)40)39-14-26(15-39)12-27(43,13-26)25(29)30/h4,7-11,18,25,43H,2-3,5-6,12-15H2,1H3,(H,35,42). The van der Waals surface area contributed by atoms with E-state index in [2.05, 4.69) is 30.8 Å². The van der Waals surface area contributed by atoms with Crippen LogP contribution >= 0.6 is 0 Å². The molecule has 2 saturated carbocycles. The van der Waals surface area contributed by atoms with Crippen LogP contribution in [0.5, 0.6) is 0 Å². The average Bonchev–Trinajstić information content (AvgIpc) is 3.58. The Labute approximate surface area is 242 Å². The number of aryl methyl sites for hydroxylation is 1. The number of halogens is 4. The van der Waals surface area contributed by atoms with Crippen molar-refractivity contribution in [3.8, 4) is 11.4 Å². The molecule has 2 N–H and O–H groups in total. The summed E-state index contributed by atoms with van der Waals surface area (Å²) in [6, 6.07) is 5.11. The van der Waals surface area contributed by atoms with Gasteiger partial charge in [0.25, 0.3) is 12.3 Å². The first-order valence-corrected chi connectivity index (χ1v) is 14.1. The maximum Gasteiger partial charge on any atom is 0.266 e. The predicted molar refractivity (Wildman–Crippen MR) is 146 cm³/mol. The highest BCUT2D eigenvalue weighted by Crippen LogP contribution is 2.56. The number of pyridine rings is 2. The smallest absolute Gasteiger partial charge is 0.266 e. The van der Waals surface area contributed by atoms with Crippen molar-refractivity contribution in [3.05, 3.63) is 48.0 Å². The topological polar surface area (TPSA) is 126 Å². The van der Waals surface area contributed by atoms with Crippen LogP contribution in [0.2, 0.25) is 0 Å². The van der Waals surface area contributed by atoms with Gasteiger partial charge in [-0.15, -0.1) is 10.2 Å². The molecule has 15 heteroatoms. The Bertz CT molecular complexity index is 1700. The van der Waals surface area contributed by atoms with Crippen LogP contribution in [0.15, 0.2) is 36.8 Å². The van der Waals surface area contributed by atoms with Gasteiger partial charge < -0.3 is 15.3 Å². The summed E-state index contributed by atoms with van der Waals surface area (Å²) < 4.78 is 54.9. The lowest BCUT2D eigenvalue weighted by Crippen LogP contribution is -2.70. The number of aliphatic hydroxyl groups is 1. The molecular weight excluding hydrogens is 570 g/mol. The van der Waals surface area contributed by atoms with Crippen molar-refractivity contribution in [2.75, 3.05) is 23.3 Å². The molecule has 4 aromatic heterocycles. The third-order valence-corrected chi connectivity index (χ3v) is 8.97. The molecule has 5 heterocycles. The summed E-state index contributed by atoms with van der Waals surface area (Å²) in [6.45, 7) is 2.85. The summed E-state index contributed by atoms with van der Waals surface area (Å²) in [5, 5.41) is 29.7. The SMILES string of the molecule is Cc1ncc(-c2nnn(C3CCC(F)(F)CC3)n2)cc1NC(=O)c1cnn2ccc(N3CC4(C3)CC(O)(C(F)F)C4)cc12. The Hall–Kier alpha value is -4.14. The minimum Gasteiger partial charge on any atom is -0.384 e. The zero-order valence-corrected chi connectivity index (χ0v) is 23.2. The highest BCUT2D eigenvalue weighted by Gasteiger charge is 2.63. The van der Waals surface area contributed by atoms with Gasteiger partial charge in [0, 0.05) is 55.0 Å². The van der Waals surface area contributed by atoms with Gasteiger partial charge in [-0.2, -0.15) is 9.90 Å². The Kier molecular flexibility index (Phi) is 6.24. The molecule has 1 aliphatic heterocycles. The minimum absolute atomic E-state index is 0.0779. The number of aromatic nitrogens is 7. The minimum atomic E-state index is -2.75. The van der Waals surface area contributed by atoms with E-state index in [4.69, 9.17) is 0 Å². The van der Waals surface area contributed by atoms with Gasteiger partial charge in [-0.3, -0.25) is 9.78 Å². The molecule has 11 nitrogen and oxygen atoms in total. The van der Waals surface area contributed by atoms with Crippen LogP contribution in [0.25, 0.3) is 16.9 Å². The molecular formula is C28H29F4N9O2. The van der Waals surface area contributed by atoms with Gasteiger partial charge in [0.1, 0.15) is 5.60 Å². The molecule has 7 rings (SSSR count). The molecule has 1 amide bonds. The number of rotatable bonds is 6. The molecule has 1 spiro atoms. The lowest BCUT2D eigenvalue weighted by molar-refractivity contribution is -0.209. The number of carbonyl (C=O) groups excluding carboxylic acids is 1. The van der Waals surface area contributed by atoms with Crippen molar-refractivity contribution in [3.63, 3.8) is 0 Å². The molecule has 3 aliphatic rings. The fourth-order valence-corrected chi connectivity index (χ4v) is 6.63. The lowest BCUT2D eigenvalue weighted by atomic mass is 9.55. The van der Waals surface area contributed by atoms with Crippen LogP contribution in [-0.2, 0) is 0 Å². The number of anilines is 2. The second kappa shape index (κ2) is 9.69. The van der Waals surface area contributed by atoms with Crippen molar-refractivity contribution >= 4 is 22.8 Å². The number of alkyl halides is 4. The zero-order chi connectivity index (χ0) is 30.1. The Balaban J connectivity index is 1.06. The van der Waals surface area contributed by atoms with Crippen LogP contribution in [0.4, 0.5) is 28.9 Å². The first-order chi connectivity index (χ1) is 20.4. The van der Waals surface area contributed by atoms with E-state index in [1.54, 1.807) is 29.9 Å². The molecule has 1 saturated heterocycles. The van der Waals surface area contributed by atoms with Gasteiger partial charge in [0.15, 0.2) is 0 Å². The van der Waals surface area contributed by atoms with Crippen LogP contribution in [0.1, 0.15) is 60.6 Å². The molecule has 0 atom stereocenters. The Morgan fingerprint density at radius 3 is 2.60 bits per heavy atom. The summed E-state index contributed by atoms with van der Waals surface area (Å²) in [5.41, 5.74) is 1.04. The molecule has 0 radical (unpaired) electrons. The fraction of sp³-hybridized carbons (Fsp3) is 0.500. The largest absolute Gasteiger partial charge is 0.384 e. The molecule has 43 heavy (non-hydrogen) atoms. The average molecular weight is 600 g/mol. The van der Waals surface area contributed by atoms with E-state index in [-0.39, 0.29) is 55.8 Å². The summed E-state index contributed by atoms with van der Waals surface area (Å²) in [5.74, 6) is -2.79. The molecule has 4 aromatic rings. The number of nitrogens with zero attached hydrogens (tertiary/aromatic N) is 8. The van der Waals surface area contributed by atoms with Crippen LogP contribution < -0.4 is 10.2 Å². The van der Waals surface area contributed by atoms with Gasteiger partial charge in [-0.1, -0.05) is 0 Å². The Morgan fingerprint density at radius 1 is 1.14 bits per heavy atom. The summed E-state index contributed by atoms with van der Waals surface area (Å²) in [6.07, 6.45) is 2.26. The first-order valence-electron chi connectivity index (χ1n) is 14.1. The van der Waals surface area contributed by atoms with Crippen molar-refractivity contribution in [1.82, 2.24) is 34.8 Å². The fourth-order valence-electron chi connectivity index (χ4n) is 6.63. The molecule has 3 fully saturated rings. The van der Waals surface area contributed by atoms with E-state index in [1.165, 1.54) is 11.0 Å². The monoisotopic (exact) mass is 599 g/mol. The molecule has 2 aliphatic carbocycles. The van der Waals surface area contributed by atoms with Crippen LogP contribution in [0.3, 0.4) is 0 Å². The first kappa shape index (κ1) is 27.7. The van der Waals surface area contributed by atoms with Gasteiger partial charge in [-0.25, -0.2) is 22.1 Å². The van der Waals surface area contributed by atoms with Crippen molar-refractivity contribution in [2.45, 2.75) is 69.4 Å². The number of tetrazole rings is 1. The van der Waals surface area contributed by atoms with Crippen molar-refractivity contribution in [2.24, 2.45) is 5.41 Å².